The Morgan fingerprint density at radius 3 is 2.14 bits per heavy atom. The maximum atomic E-state index is 12.6. The first-order valence-electron chi connectivity index (χ1n) is 9.48. The normalized spacial score (nSPS) is 26.2. The molecule has 3 amide bonds. The maximum absolute atomic E-state index is 12.6. The number of carbonyl (C=O) groups is 4. The second-order valence-electron chi connectivity index (χ2n) is 7.24. The topological polar surface area (TPSA) is 92.8 Å². The predicted molar refractivity (Wildman–Crippen MR) is 114 cm³/mol. The van der Waals surface area contributed by atoms with Crippen LogP contribution in [0.25, 0.3) is 0 Å². The van der Waals surface area contributed by atoms with Gasteiger partial charge in [-0.05, 0) is 37.0 Å². The van der Waals surface area contributed by atoms with Crippen LogP contribution in [0.15, 0.2) is 24.3 Å². The van der Waals surface area contributed by atoms with Gasteiger partial charge in [0.2, 0.25) is 11.8 Å². The van der Waals surface area contributed by atoms with Crippen molar-refractivity contribution in [3.8, 4) is 0 Å². The highest BCUT2D eigenvalue weighted by atomic mass is 79.9. The highest BCUT2D eigenvalue weighted by molar-refractivity contribution is 9.12. The fraction of sp³-hybridized carbons (Fsp3) is 0.500. The first kappa shape index (κ1) is 22.0. The quantitative estimate of drug-likeness (QED) is 0.347. The lowest BCUT2D eigenvalue weighted by Gasteiger charge is -2.29. The van der Waals surface area contributed by atoms with Crippen molar-refractivity contribution in [2.24, 2.45) is 11.8 Å². The fourth-order valence-corrected chi connectivity index (χ4v) is 4.90. The van der Waals surface area contributed by atoms with Gasteiger partial charge in [-0.1, -0.05) is 50.9 Å². The summed E-state index contributed by atoms with van der Waals surface area (Å²) in [5.41, 5.74) is 1.75. The van der Waals surface area contributed by atoms with Crippen LogP contribution >= 0.6 is 31.9 Å². The fourth-order valence-electron chi connectivity index (χ4n) is 3.66. The van der Waals surface area contributed by atoms with E-state index in [9.17, 15) is 19.2 Å². The molecule has 0 aromatic heterocycles. The number of amides is 3. The molecule has 2 fully saturated rings. The lowest BCUT2D eigenvalue weighted by molar-refractivity contribution is -0.154. The summed E-state index contributed by atoms with van der Waals surface area (Å²) in [6, 6.07) is 7.35. The van der Waals surface area contributed by atoms with E-state index in [-0.39, 0.29) is 21.5 Å². The molecule has 156 valence electrons. The number of esters is 1. The van der Waals surface area contributed by atoms with Crippen molar-refractivity contribution in [2.45, 2.75) is 35.8 Å². The number of anilines is 1. The Labute approximate surface area is 185 Å². The third-order valence-corrected chi connectivity index (χ3v) is 8.03. The van der Waals surface area contributed by atoms with Crippen LogP contribution in [0.1, 0.15) is 25.3 Å². The summed E-state index contributed by atoms with van der Waals surface area (Å²) in [4.78, 5) is 50.3. The van der Waals surface area contributed by atoms with E-state index in [0.29, 0.717) is 18.5 Å². The summed E-state index contributed by atoms with van der Waals surface area (Å²) in [7, 11) is 0. The van der Waals surface area contributed by atoms with E-state index < -0.39 is 36.9 Å². The molecule has 7 nitrogen and oxygen atoms in total. The number of nitrogens with one attached hydrogen (secondary N) is 1. The number of hydrogen-bond donors (Lipinski definition) is 1. The van der Waals surface area contributed by atoms with Crippen LogP contribution in [-0.2, 0) is 30.3 Å². The van der Waals surface area contributed by atoms with E-state index in [4.69, 9.17) is 4.74 Å². The average molecular weight is 530 g/mol. The van der Waals surface area contributed by atoms with Crippen LogP contribution in [-0.4, -0.2) is 51.4 Å². The van der Waals surface area contributed by atoms with Crippen molar-refractivity contribution >= 4 is 61.2 Å². The third kappa shape index (κ3) is 5.06. The highest BCUT2D eigenvalue weighted by Gasteiger charge is 2.52. The molecule has 4 atom stereocenters. The van der Waals surface area contributed by atoms with Crippen molar-refractivity contribution in [3.63, 3.8) is 0 Å². The van der Waals surface area contributed by atoms with E-state index >= 15 is 0 Å². The number of alkyl halides is 2. The Balaban J connectivity index is 1.49. The van der Waals surface area contributed by atoms with Gasteiger partial charge in [-0.2, -0.15) is 0 Å². The largest absolute Gasteiger partial charge is 0.454 e. The van der Waals surface area contributed by atoms with Crippen molar-refractivity contribution in [1.82, 2.24) is 4.90 Å². The highest BCUT2D eigenvalue weighted by Crippen LogP contribution is 2.43. The van der Waals surface area contributed by atoms with E-state index in [1.165, 1.54) is 0 Å². The molecular formula is C20H22Br2N2O5. The average Bonchev–Trinajstić information content (AvgIpc) is 2.92. The monoisotopic (exact) mass is 528 g/mol. The molecule has 0 unspecified atom stereocenters. The minimum absolute atomic E-state index is 0.0995. The van der Waals surface area contributed by atoms with E-state index in [0.717, 1.165) is 16.9 Å². The van der Waals surface area contributed by atoms with Crippen molar-refractivity contribution < 1.29 is 23.9 Å². The number of hydrogen-bond acceptors (Lipinski definition) is 5. The minimum Gasteiger partial charge on any atom is -0.454 e. The van der Waals surface area contributed by atoms with Gasteiger partial charge in [-0.15, -0.1) is 0 Å². The Morgan fingerprint density at radius 2 is 1.62 bits per heavy atom. The van der Waals surface area contributed by atoms with E-state index in [1.807, 2.05) is 19.1 Å². The number of ether oxygens (including phenoxy) is 1. The summed E-state index contributed by atoms with van der Waals surface area (Å²) in [5.74, 6) is -2.79. The van der Waals surface area contributed by atoms with Gasteiger partial charge in [0.05, 0.1) is 11.8 Å². The molecule has 0 bridgehead atoms. The van der Waals surface area contributed by atoms with Gasteiger partial charge in [0.25, 0.3) is 5.91 Å². The van der Waals surface area contributed by atoms with E-state index in [2.05, 4.69) is 37.2 Å². The number of imide groups is 1. The number of carbonyl (C=O) groups excluding carboxylic acids is 4. The second-order valence-corrected chi connectivity index (χ2v) is 9.59. The Hall–Kier alpha value is -1.74. The van der Waals surface area contributed by atoms with Crippen molar-refractivity contribution in [1.29, 1.82) is 0 Å². The Morgan fingerprint density at radius 1 is 1.07 bits per heavy atom. The second kappa shape index (κ2) is 9.38. The van der Waals surface area contributed by atoms with Gasteiger partial charge in [0, 0.05) is 15.3 Å². The summed E-state index contributed by atoms with van der Waals surface area (Å²) in [6.45, 7) is 1.09. The first-order chi connectivity index (χ1) is 13.8. The summed E-state index contributed by atoms with van der Waals surface area (Å²) in [6.07, 6.45) is 1.97. The molecular weight excluding hydrogens is 508 g/mol. The zero-order chi connectivity index (χ0) is 21.1. The van der Waals surface area contributed by atoms with Crippen molar-refractivity contribution in [2.75, 3.05) is 18.5 Å². The van der Waals surface area contributed by atoms with Crippen LogP contribution in [0.4, 0.5) is 5.69 Å². The first-order valence-corrected chi connectivity index (χ1v) is 11.3. The summed E-state index contributed by atoms with van der Waals surface area (Å²) < 4.78 is 4.96. The molecule has 1 aliphatic carbocycles. The van der Waals surface area contributed by atoms with Crippen LogP contribution in [0.3, 0.4) is 0 Å². The van der Waals surface area contributed by atoms with E-state index in [1.54, 1.807) is 12.1 Å². The van der Waals surface area contributed by atoms with Gasteiger partial charge in [-0.3, -0.25) is 24.1 Å². The zero-order valence-corrected chi connectivity index (χ0v) is 19.1. The number of benzene rings is 1. The van der Waals surface area contributed by atoms with Gasteiger partial charge in [0.15, 0.2) is 6.61 Å². The van der Waals surface area contributed by atoms with Gasteiger partial charge in [0.1, 0.15) is 6.54 Å². The van der Waals surface area contributed by atoms with Gasteiger partial charge < -0.3 is 10.1 Å². The molecule has 1 aromatic carbocycles. The van der Waals surface area contributed by atoms with Gasteiger partial charge >= 0.3 is 5.97 Å². The SMILES string of the molecule is CCc1ccc(NC(=O)COC(=O)CN2C(=O)[C@@H]3C[C@@H](Br)[C@@H](Br)C[C@H]3C2=O)cc1. The number of rotatable bonds is 6. The number of fused-ring (bicyclic) bond motifs is 1. The summed E-state index contributed by atoms with van der Waals surface area (Å²) in [5, 5.41) is 2.64. The van der Waals surface area contributed by atoms with Crippen LogP contribution in [0, 0.1) is 11.8 Å². The molecule has 9 heteroatoms. The molecule has 1 saturated heterocycles. The van der Waals surface area contributed by atoms with Crippen LogP contribution < -0.4 is 5.32 Å². The Bertz CT molecular complexity index is 786. The lowest BCUT2D eigenvalue weighted by Crippen LogP contribution is -2.37. The van der Waals surface area contributed by atoms with Crippen molar-refractivity contribution in [3.05, 3.63) is 29.8 Å². The number of aryl methyl sites for hydroxylation is 1. The molecule has 1 heterocycles. The molecule has 2 aliphatic rings. The van der Waals surface area contributed by atoms with Crippen LogP contribution in [0.2, 0.25) is 0 Å². The lowest BCUT2D eigenvalue weighted by atomic mass is 9.81. The standard InChI is InChI=1S/C20H22Br2N2O5/c1-2-11-3-5-12(6-4-11)23-17(25)10-29-18(26)9-24-19(27)13-7-15(21)16(22)8-14(13)20(24)28/h3-6,13-16H,2,7-10H2,1H3,(H,23,25)/t13-,14-,15-,16+/m1/s1. The predicted octanol–water partition coefficient (Wildman–Crippen LogP) is 2.65. The summed E-state index contributed by atoms with van der Waals surface area (Å²) >= 11 is 7.04. The maximum Gasteiger partial charge on any atom is 0.326 e. The molecule has 0 radical (unpaired) electrons. The number of nitrogens with zero attached hydrogens (tertiary/aromatic N) is 1. The molecule has 1 N–H and O–H groups in total. The molecule has 1 aliphatic heterocycles. The number of halogens is 2. The molecule has 3 rings (SSSR count). The van der Waals surface area contributed by atoms with Gasteiger partial charge in [-0.25, -0.2) is 0 Å². The molecule has 0 spiro atoms. The molecule has 1 aromatic rings. The van der Waals surface area contributed by atoms with Crippen LogP contribution in [0.5, 0.6) is 0 Å². The Kier molecular flexibility index (Phi) is 7.10. The zero-order valence-electron chi connectivity index (χ0n) is 15.9. The number of likely N-dealkylation sites (tertiary alicyclic amines) is 1. The molecule has 29 heavy (non-hydrogen) atoms. The molecule has 1 saturated carbocycles. The smallest absolute Gasteiger partial charge is 0.326 e. The third-order valence-electron chi connectivity index (χ3n) is 5.30. The minimum atomic E-state index is -0.785.